The Balaban J connectivity index is 1.14. The Bertz CT molecular complexity index is 1380. The van der Waals surface area contributed by atoms with Crippen LogP contribution in [0.25, 0.3) is 22.6 Å². The van der Waals surface area contributed by atoms with Gasteiger partial charge in [0.1, 0.15) is 11.5 Å². The number of benzene rings is 4. The number of aromatic nitrogens is 1. The average molecular weight is 476 g/mol. The van der Waals surface area contributed by atoms with Crippen LogP contribution in [0, 0.1) is 6.92 Å². The van der Waals surface area contributed by atoms with Crippen LogP contribution in [0.5, 0.6) is 5.75 Å². The SMILES string of the molecule is Cc1oc(-c2ccc(-c3ccccc3)cc2)nc1CCOc1cccc(COCc2ccccc2)c1. The Morgan fingerprint density at radius 1 is 0.667 bits per heavy atom. The number of hydrogen-bond donors (Lipinski definition) is 0. The van der Waals surface area contributed by atoms with Crippen molar-refractivity contribution in [3.63, 3.8) is 0 Å². The predicted octanol–water partition coefficient (Wildman–Crippen LogP) is 7.66. The maximum atomic E-state index is 6.01. The Labute approximate surface area is 212 Å². The number of nitrogens with zero attached hydrogens (tertiary/aromatic N) is 1. The van der Waals surface area contributed by atoms with Gasteiger partial charge in [0.05, 0.1) is 25.5 Å². The molecule has 0 atom stereocenters. The molecule has 4 nitrogen and oxygen atoms in total. The zero-order valence-electron chi connectivity index (χ0n) is 20.4. The van der Waals surface area contributed by atoms with Gasteiger partial charge in [-0.25, -0.2) is 4.98 Å². The maximum Gasteiger partial charge on any atom is 0.226 e. The number of oxazole rings is 1. The molecule has 1 aromatic heterocycles. The molecule has 36 heavy (non-hydrogen) atoms. The van der Waals surface area contributed by atoms with Crippen molar-refractivity contribution in [3.05, 3.63) is 132 Å². The highest BCUT2D eigenvalue weighted by molar-refractivity contribution is 5.67. The number of aryl methyl sites for hydroxylation is 1. The summed E-state index contributed by atoms with van der Waals surface area (Å²) < 4.78 is 17.8. The Morgan fingerprint density at radius 2 is 1.31 bits per heavy atom. The minimum Gasteiger partial charge on any atom is -0.493 e. The second-order valence-corrected chi connectivity index (χ2v) is 8.69. The summed E-state index contributed by atoms with van der Waals surface area (Å²) >= 11 is 0. The Morgan fingerprint density at radius 3 is 2.08 bits per heavy atom. The van der Waals surface area contributed by atoms with Crippen LogP contribution in [0.2, 0.25) is 0 Å². The zero-order chi connectivity index (χ0) is 24.6. The molecule has 0 saturated heterocycles. The van der Waals surface area contributed by atoms with Crippen molar-refractivity contribution < 1.29 is 13.9 Å². The van der Waals surface area contributed by atoms with Crippen molar-refractivity contribution in [3.8, 4) is 28.3 Å². The summed E-state index contributed by atoms with van der Waals surface area (Å²) in [5.74, 6) is 2.29. The number of hydrogen-bond acceptors (Lipinski definition) is 4. The second kappa shape index (κ2) is 11.5. The van der Waals surface area contributed by atoms with Crippen molar-refractivity contribution in [2.75, 3.05) is 6.61 Å². The molecular formula is C32H29NO3. The molecule has 4 heteroatoms. The smallest absolute Gasteiger partial charge is 0.226 e. The monoisotopic (exact) mass is 475 g/mol. The highest BCUT2D eigenvalue weighted by Gasteiger charge is 2.12. The fraction of sp³-hybridized carbons (Fsp3) is 0.156. The van der Waals surface area contributed by atoms with E-state index in [0.29, 0.717) is 32.1 Å². The van der Waals surface area contributed by atoms with Crippen LogP contribution in [-0.4, -0.2) is 11.6 Å². The predicted molar refractivity (Wildman–Crippen MR) is 143 cm³/mol. The normalized spacial score (nSPS) is 10.9. The van der Waals surface area contributed by atoms with Gasteiger partial charge in [0, 0.05) is 12.0 Å². The van der Waals surface area contributed by atoms with Crippen molar-refractivity contribution in [2.24, 2.45) is 0 Å². The third-order valence-corrected chi connectivity index (χ3v) is 6.02. The van der Waals surface area contributed by atoms with E-state index in [9.17, 15) is 0 Å². The lowest BCUT2D eigenvalue weighted by atomic mass is 10.0. The molecule has 1 heterocycles. The number of rotatable bonds is 10. The van der Waals surface area contributed by atoms with Crippen molar-refractivity contribution >= 4 is 0 Å². The van der Waals surface area contributed by atoms with Crippen molar-refractivity contribution in [2.45, 2.75) is 26.6 Å². The minimum atomic E-state index is 0.522. The molecule has 0 N–H and O–H groups in total. The molecule has 0 fully saturated rings. The van der Waals surface area contributed by atoms with E-state index < -0.39 is 0 Å². The van der Waals surface area contributed by atoms with Crippen molar-refractivity contribution in [1.29, 1.82) is 0 Å². The largest absolute Gasteiger partial charge is 0.493 e. The Kier molecular flexibility index (Phi) is 7.55. The quantitative estimate of drug-likeness (QED) is 0.208. The molecule has 0 amide bonds. The van der Waals surface area contributed by atoms with Crippen LogP contribution >= 0.6 is 0 Å². The van der Waals surface area contributed by atoms with E-state index >= 15 is 0 Å². The molecule has 0 aliphatic carbocycles. The van der Waals surface area contributed by atoms with Crippen LogP contribution in [-0.2, 0) is 24.4 Å². The first-order valence-electron chi connectivity index (χ1n) is 12.2. The lowest BCUT2D eigenvalue weighted by Gasteiger charge is -2.08. The van der Waals surface area contributed by atoms with Crippen LogP contribution in [0.15, 0.2) is 114 Å². The van der Waals surface area contributed by atoms with Crippen LogP contribution in [0.1, 0.15) is 22.6 Å². The van der Waals surface area contributed by atoms with E-state index in [0.717, 1.165) is 28.3 Å². The summed E-state index contributed by atoms with van der Waals surface area (Å²) in [6, 6.07) is 36.9. The highest BCUT2D eigenvalue weighted by Crippen LogP contribution is 2.26. The average Bonchev–Trinajstić information content (AvgIpc) is 3.30. The topological polar surface area (TPSA) is 44.5 Å². The van der Waals surface area contributed by atoms with Crippen LogP contribution in [0.3, 0.4) is 0 Å². The van der Waals surface area contributed by atoms with Gasteiger partial charge in [-0.3, -0.25) is 0 Å². The third-order valence-electron chi connectivity index (χ3n) is 6.02. The van der Waals surface area contributed by atoms with Gasteiger partial charge in [-0.2, -0.15) is 0 Å². The Hall–Kier alpha value is -4.15. The van der Waals surface area contributed by atoms with Gasteiger partial charge < -0.3 is 13.9 Å². The fourth-order valence-electron chi connectivity index (χ4n) is 4.07. The molecule has 0 aliphatic rings. The molecule has 4 aromatic carbocycles. The van der Waals surface area contributed by atoms with Gasteiger partial charge in [0.15, 0.2) is 0 Å². The molecule has 0 bridgehead atoms. The molecule has 0 aliphatic heterocycles. The highest BCUT2D eigenvalue weighted by atomic mass is 16.5. The summed E-state index contributed by atoms with van der Waals surface area (Å²) in [5.41, 5.74) is 6.50. The van der Waals surface area contributed by atoms with E-state index in [4.69, 9.17) is 18.9 Å². The molecule has 0 spiro atoms. The van der Waals surface area contributed by atoms with E-state index in [2.05, 4.69) is 54.6 Å². The zero-order valence-corrected chi connectivity index (χ0v) is 20.4. The molecule has 5 rings (SSSR count). The van der Waals surface area contributed by atoms with Gasteiger partial charge in [-0.1, -0.05) is 84.9 Å². The van der Waals surface area contributed by atoms with Crippen molar-refractivity contribution in [1.82, 2.24) is 4.98 Å². The molecule has 0 radical (unpaired) electrons. The summed E-state index contributed by atoms with van der Waals surface area (Å²) in [4.78, 5) is 4.73. The molecule has 180 valence electrons. The van der Waals surface area contributed by atoms with Gasteiger partial charge in [0.2, 0.25) is 5.89 Å². The van der Waals surface area contributed by atoms with E-state index in [1.54, 1.807) is 0 Å². The van der Waals surface area contributed by atoms with Crippen LogP contribution < -0.4 is 4.74 Å². The molecule has 0 unspecified atom stereocenters. The van der Waals surface area contributed by atoms with Gasteiger partial charge >= 0.3 is 0 Å². The maximum absolute atomic E-state index is 6.01. The standard InChI is InChI=1S/C32H29NO3/c1-24-31(33-32(36-24)29-17-15-28(16-18-29)27-12-6-3-7-13-27)19-20-35-30-14-8-11-26(21-30)23-34-22-25-9-4-2-5-10-25/h2-18,21H,19-20,22-23H2,1H3. The first-order chi connectivity index (χ1) is 17.7. The summed E-state index contributed by atoms with van der Waals surface area (Å²) in [6.07, 6.45) is 0.673. The van der Waals surface area contributed by atoms with E-state index in [-0.39, 0.29) is 0 Å². The molecular weight excluding hydrogens is 446 g/mol. The van der Waals surface area contributed by atoms with Crippen LogP contribution in [0.4, 0.5) is 0 Å². The van der Waals surface area contributed by atoms with E-state index in [1.807, 2.05) is 61.5 Å². The number of ether oxygens (including phenoxy) is 2. The minimum absolute atomic E-state index is 0.522. The fourth-order valence-corrected chi connectivity index (χ4v) is 4.07. The second-order valence-electron chi connectivity index (χ2n) is 8.69. The third kappa shape index (κ3) is 6.09. The first kappa shape index (κ1) is 23.6. The lowest BCUT2D eigenvalue weighted by Crippen LogP contribution is -2.03. The van der Waals surface area contributed by atoms with Gasteiger partial charge in [-0.15, -0.1) is 0 Å². The molecule has 5 aromatic rings. The lowest BCUT2D eigenvalue weighted by molar-refractivity contribution is 0.107. The first-order valence-corrected chi connectivity index (χ1v) is 12.2. The summed E-state index contributed by atoms with van der Waals surface area (Å²) in [7, 11) is 0. The summed E-state index contributed by atoms with van der Waals surface area (Å²) in [5, 5.41) is 0. The summed E-state index contributed by atoms with van der Waals surface area (Å²) in [6.45, 7) is 3.61. The van der Waals surface area contributed by atoms with Gasteiger partial charge in [0.25, 0.3) is 0 Å². The van der Waals surface area contributed by atoms with E-state index in [1.165, 1.54) is 16.7 Å². The van der Waals surface area contributed by atoms with Gasteiger partial charge in [-0.05, 0) is 53.4 Å². The molecule has 0 saturated carbocycles.